The molecule has 0 aliphatic heterocycles. The monoisotopic (exact) mass is 279 g/mol. The van der Waals surface area contributed by atoms with Crippen LogP contribution in [0.5, 0.6) is 18.0 Å². The fourth-order valence-electron chi connectivity index (χ4n) is 1.33. The minimum Gasteiger partial charge on any atom is -0.463 e. The van der Waals surface area contributed by atoms with Crippen LogP contribution in [0.2, 0.25) is 0 Å². The molecule has 108 valence electrons. The molecule has 1 N–H and O–H groups in total. The molecule has 9 heteroatoms. The Morgan fingerprint density at radius 3 is 2.60 bits per heavy atom. The molecule has 0 fully saturated rings. The van der Waals surface area contributed by atoms with Crippen molar-refractivity contribution in [2.24, 2.45) is 7.05 Å². The van der Waals surface area contributed by atoms with Crippen molar-refractivity contribution in [3.05, 3.63) is 6.33 Å². The Morgan fingerprint density at radius 1 is 1.15 bits per heavy atom. The van der Waals surface area contributed by atoms with Crippen molar-refractivity contribution in [2.45, 2.75) is 20.3 Å². The normalized spacial score (nSPS) is 10.3. The minimum atomic E-state index is 0.0910. The average molecular weight is 279 g/mol. The topological polar surface area (TPSA) is 99.9 Å². The van der Waals surface area contributed by atoms with E-state index in [0.717, 1.165) is 6.42 Å². The van der Waals surface area contributed by atoms with Crippen LogP contribution in [0.1, 0.15) is 20.3 Å². The highest BCUT2D eigenvalue weighted by Crippen LogP contribution is 2.17. The van der Waals surface area contributed by atoms with Crippen molar-refractivity contribution in [1.82, 2.24) is 29.7 Å². The van der Waals surface area contributed by atoms with Crippen LogP contribution in [-0.4, -0.2) is 42.9 Å². The second kappa shape index (κ2) is 6.64. The fraction of sp³-hybridized carbons (Fsp3) is 0.545. The van der Waals surface area contributed by atoms with E-state index in [1.807, 2.05) is 13.8 Å². The maximum atomic E-state index is 5.40. The molecule has 0 spiro atoms. The summed E-state index contributed by atoms with van der Waals surface area (Å²) >= 11 is 0. The summed E-state index contributed by atoms with van der Waals surface area (Å²) in [6, 6.07) is 0.472. The lowest BCUT2D eigenvalue weighted by Crippen LogP contribution is -2.08. The fourth-order valence-corrected chi connectivity index (χ4v) is 1.33. The van der Waals surface area contributed by atoms with Gasteiger partial charge in [-0.05, 0) is 13.3 Å². The van der Waals surface area contributed by atoms with Crippen molar-refractivity contribution >= 4 is 5.95 Å². The lowest BCUT2D eigenvalue weighted by Gasteiger charge is -2.07. The van der Waals surface area contributed by atoms with Crippen LogP contribution in [-0.2, 0) is 7.05 Å². The molecule has 0 unspecified atom stereocenters. The molecule has 9 nitrogen and oxygen atoms in total. The quantitative estimate of drug-likeness (QED) is 0.801. The van der Waals surface area contributed by atoms with Gasteiger partial charge in [0.05, 0.1) is 6.61 Å². The molecule has 0 atom stereocenters. The third-order valence-electron chi connectivity index (χ3n) is 2.13. The summed E-state index contributed by atoms with van der Waals surface area (Å²) in [4.78, 5) is 16.2. The Labute approximate surface area is 116 Å². The molecule has 0 aliphatic rings. The Balaban J connectivity index is 2.18. The largest absolute Gasteiger partial charge is 0.463 e. The molecule has 0 aromatic carbocycles. The number of ether oxygens (including phenoxy) is 2. The molecule has 0 amide bonds. The van der Waals surface area contributed by atoms with Crippen molar-refractivity contribution in [2.75, 3.05) is 18.5 Å². The van der Waals surface area contributed by atoms with Gasteiger partial charge in [0.2, 0.25) is 5.95 Å². The predicted octanol–water partition coefficient (Wildman–Crippen LogP) is 1.01. The molecular weight excluding hydrogens is 262 g/mol. The zero-order valence-corrected chi connectivity index (χ0v) is 11.7. The first-order valence-electron chi connectivity index (χ1n) is 6.37. The van der Waals surface area contributed by atoms with E-state index in [1.54, 1.807) is 7.05 Å². The zero-order chi connectivity index (χ0) is 14.4. The highest BCUT2D eigenvalue weighted by atomic mass is 16.5. The highest BCUT2D eigenvalue weighted by Gasteiger charge is 2.11. The molecule has 0 radical (unpaired) electrons. The Kier molecular flexibility index (Phi) is 4.64. The number of hydrogen-bond acceptors (Lipinski definition) is 8. The van der Waals surface area contributed by atoms with Gasteiger partial charge in [-0.1, -0.05) is 6.92 Å². The molecule has 2 aromatic heterocycles. The standard InChI is InChI=1S/C11H17N7O2/c1-4-6-19-10-14-8(12-5-2)15-11(16-10)20-9-13-7-18(3)17-9/h7H,4-6H2,1-3H3,(H,12,14,15,16). The maximum Gasteiger partial charge on any atom is 0.343 e. The second-order valence-electron chi connectivity index (χ2n) is 3.91. The molecule has 0 saturated heterocycles. The predicted molar refractivity (Wildman–Crippen MR) is 70.9 cm³/mol. The molecule has 2 aromatic rings. The van der Waals surface area contributed by atoms with Crippen LogP contribution >= 0.6 is 0 Å². The molecule has 0 bridgehead atoms. The van der Waals surface area contributed by atoms with E-state index in [0.29, 0.717) is 19.1 Å². The van der Waals surface area contributed by atoms with Crippen LogP contribution in [0.25, 0.3) is 0 Å². The van der Waals surface area contributed by atoms with Gasteiger partial charge in [0.25, 0.3) is 0 Å². The van der Waals surface area contributed by atoms with Crippen LogP contribution in [0.4, 0.5) is 5.95 Å². The van der Waals surface area contributed by atoms with Crippen molar-refractivity contribution in [1.29, 1.82) is 0 Å². The van der Waals surface area contributed by atoms with Crippen LogP contribution in [0.3, 0.4) is 0 Å². The Morgan fingerprint density at radius 2 is 1.95 bits per heavy atom. The van der Waals surface area contributed by atoms with E-state index >= 15 is 0 Å². The number of rotatable bonds is 7. The summed E-state index contributed by atoms with van der Waals surface area (Å²) in [5.41, 5.74) is 0. The van der Waals surface area contributed by atoms with Gasteiger partial charge in [-0.2, -0.15) is 15.0 Å². The van der Waals surface area contributed by atoms with Gasteiger partial charge >= 0.3 is 18.0 Å². The number of nitrogens with zero attached hydrogens (tertiary/aromatic N) is 6. The van der Waals surface area contributed by atoms with E-state index in [2.05, 4.69) is 30.4 Å². The summed E-state index contributed by atoms with van der Waals surface area (Å²) in [5, 5.41) is 6.98. The molecular formula is C11H17N7O2. The van der Waals surface area contributed by atoms with Crippen LogP contribution in [0, 0.1) is 0 Å². The Bertz CT molecular complexity index is 557. The maximum absolute atomic E-state index is 5.40. The number of aryl methyl sites for hydroxylation is 1. The minimum absolute atomic E-state index is 0.0910. The van der Waals surface area contributed by atoms with E-state index in [9.17, 15) is 0 Å². The van der Waals surface area contributed by atoms with Crippen molar-refractivity contribution < 1.29 is 9.47 Å². The van der Waals surface area contributed by atoms with Crippen molar-refractivity contribution in [3.63, 3.8) is 0 Å². The number of hydrogen-bond donors (Lipinski definition) is 1. The van der Waals surface area contributed by atoms with Crippen molar-refractivity contribution in [3.8, 4) is 18.0 Å². The molecule has 0 saturated carbocycles. The van der Waals surface area contributed by atoms with Gasteiger partial charge in [0, 0.05) is 13.6 Å². The summed E-state index contributed by atoms with van der Waals surface area (Å²) in [5.74, 6) is 0.388. The molecule has 2 heterocycles. The van der Waals surface area contributed by atoms with E-state index in [-0.39, 0.29) is 18.0 Å². The lowest BCUT2D eigenvalue weighted by molar-refractivity contribution is 0.284. The smallest absolute Gasteiger partial charge is 0.343 e. The van der Waals surface area contributed by atoms with Gasteiger partial charge in [-0.15, -0.1) is 10.1 Å². The van der Waals surface area contributed by atoms with Crippen LogP contribution < -0.4 is 14.8 Å². The molecule has 20 heavy (non-hydrogen) atoms. The summed E-state index contributed by atoms with van der Waals surface area (Å²) in [6.45, 7) is 5.15. The first-order valence-corrected chi connectivity index (χ1v) is 6.37. The third-order valence-corrected chi connectivity index (χ3v) is 2.13. The van der Waals surface area contributed by atoms with Gasteiger partial charge in [-0.25, -0.2) is 0 Å². The average Bonchev–Trinajstić information content (AvgIpc) is 2.82. The first kappa shape index (κ1) is 14.0. The number of nitrogens with one attached hydrogen (secondary N) is 1. The zero-order valence-electron chi connectivity index (χ0n) is 11.7. The summed E-state index contributed by atoms with van der Waals surface area (Å²) < 4.78 is 12.3. The SMILES string of the molecule is CCCOc1nc(NCC)nc(Oc2ncn(C)n2)n1. The number of aromatic nitrogens is 6. The van der Waals surface area contributed by atoms with Crippen LogP contribution in [0.15, 0.2) is 6.33 Å². The van der Waals surface area contributed by atoms with E-state index in [4.69, 9.17) is 9.47 Å². The van der Waals surface area contributed by atoms with E-state index in [1.165, 1.54) is 11.0 Å². The third kappa shape index (κ3) is 3.77. The van der Waals surface area contributed by atoms with Gasteiger partial charge in [-0.3, -0.25) is 4.68 Å². The van der Waals surface area contributed by atoms with Gasteiger partial charge < -0.3 is 14.8 Å². The van der Waals surface area contributed by atoms with Gasteiger partial charge in [0.1, 0.15) is 6.33 Å². The first-order chi connectivity index (χ1) is 9.71. The number of anilines is 1. The van der Waals surface area contributed by atoms with E-state index < -0.39 is 0 Å². The molecule has 0 aliphatic carbocycles. The second-order valence-corrected chi connectivity index (χ2v) is 3.91. The summed E-state index contributed by atoms with van der Waals surface area (Å²) in [7, 11) is 1.74. The Hall–Kier alpha value is -2.45. The summed E-state index contributed by atoms with van der Waals surface area (Å²) in [6.07, 6.45) is 2.39. The highest BCUT2D eigenvalue weighted by molar-refractivity contribution is 5.27. The lowest BCUT2D eigenvalue weighted by atomic mass is 10.5. The molecule has 2 rings (SSSR count). The van der Waals surface area contributed by atoms with Gasteiger partial charge in [0.15, 0.2) is 0 Å².